The second-order valence-corrected chi connectivity index (χ2v) is 13.9. The number of esters is 1. The molecule has 1 aromatic carbocycles. The molecule has 0 unspecified atom stereocenters. The fourth-order valence-corrected chi connectivity index (χ4v) is 8.88. The Bertz CT molecular complexity index is 1600. The number of hydrogen-bond donors (Lipinski definition) is 5. The molecule has 0 bridgehead atoms. The van der Waals surface area contributed by atoms with E-state index < -0.39 is 82.7 Å². The van der Waals surface area contributed by atoms with Crippen molar-refractivity contribution in [1.29, 1.82) is 0 Å². The van der Waals surface area contributed by atoms with Gasteiger partial charge in [0, 0.05) is 35.3 Å². The number of ether oxygens (including phenoxy) is 1. The van der Waals surface area contributed by atoms with Gasteiger partial charge in [-0.2, -0.15) is 0 Å². The first-order valence-electron chi connectivity index (χ1n) is 16.0. The van der Waals surface area contributed by atoms with Crippen LogP contribution in [0.5, 0.6) is 0 Å². The van der Waals surface area contributed by atoms with Crippen molar-refractivity contribution in [2.75, 3.05) is 6.61 Å². The van der Waals surface area contributed by atoms with Crippen LogP contribution in [0.1, 0.15) is 70.5 Å². The molecule has 48 heavy (non-hydrogen) atoms. The molecule has 258 valence electrons. The zero-order valence-electron chi connectivity index (χ0n) is 26.7. The molecule has 0 saturated heterocycles. The standard InChI is InChI=1S/C34H40N2O12/c1-32-12-10-21(37)15-19(32)6-7-22-23-11-13-34(45,33(23,2)16-24(38)28(22)32)25(39)17-48-27(41)9-8-26(40)35-29(31(43)44)30(42)18-4-3-5-20(14-18)36(46)47/h3-5,10,12,14-15,22-24,28-30,38,42,45H,6-9,11,13,16-17H2,1-2H3,(H,35,40)(H,43,44)/t22-,23+,24+,28+,29+,30-,32+,33+,34+/m1/s1. The summed E-state index contributed by atoms with van der Waals surface area (Å²) in [5.74, 6) is -4.57. The quantitative estimate of drug-likeness (QED) is 0.130. The Morgan fingerprint density at radius 1 is 1.17 bits per heavy atom. The SMILES string of the molecule is C[C@]12C=CC(=O)C=C1CC[C@H]1[C@H]2[C@@H](O)C[C@@]2(C)[C@H]1CC[C@]2(O)C(=O)COC(=O)CCC(=O)N[C@H](C(=O)O)[C@H](O)c1cccc([N+](=O)[O-])c1. The normalized spacial score (nSPS) is 33.3. The molecule has 4 aliphatic carbocycles. The van der Waals surface area contributed by atoms with Gasteiger partial charge in [0.1, 0.15) is 11.7 Å². The molecule has 0 aliphatic heterocycles. The van der Waals surface area contributed by atoms with Crippen LogP contribution in [0.25, 0.3) is 0 Å². The van der Waals surface area contributed by atoms with Crippen LogP contribution in [0.4, 0.5) is 5.69 Å². The number of carboxylic acids is 1. The van der Waals surface area contributed by atoms with Crippen LogP contribution in [0.2, 0.25) is 0 Å². The number of non-ortho nitro benzene ring substituents is 1. The smallest absolute Gasteiger partial charge is 0.329 e. The van der Waals surface area contributed by atoms with Gasteiger partial charge in [-0.1, -0.05) is 37.6 Å². The van der Waals surface area contributed by atoms with Gasteiger partial charge in [-0.25, -0.2) is 4.79 Å². The number of aliphatic hydroxyl groups excluding tert-OH is 2. The summed E-state index contributed by atoms with van der Waals surface area (Å²) in [5, 5.41) is 56.5. The minimum atomic E-state index is -1.88. The number of carboxylic acid groups (broad SMARTS) is 1. The topological polar surface area (TPSA) is 231 Å². The highest BCUT2D eigenvalue weighted by Crippen LogP contribution is 2.67. The van der Waals surface area contributed by atoms with E-state index in [-0.39, 0.29) is 47.6 Å². The predicted octanol–water partition coefficient (Wildman–Crippen LogP) is 2.10. The van der Waals surface area contributed by atoms with Gasteiger partial charge in [0.2, 0.25) is 11.7 Å². The number of amides is 1. The molecule has 0 aromatic heterocycles. The molecule has 3 fully saturated rings. The van der Waals surface area contributed by atoms with E-state index in [4.69, 9.17) is 4.74 Å². The van der Waals surface area contributed by atoms with Crippen LogP contribution in [-0.4, -0.2) is 79.1 Å². The van der Waals surface area contributed by atoms with Crippen molar-refractivity contribution >= 4 is 35.1 Å². The van der Waals surface area contributed by atoms with Gasteiger partial charge in [0.05, 0.1) is 17.4 Å². The molecule has 9 atom stereocenters. The highest BCUT2D eigenvalue weighted by Gasteiger charge is 2.68. The molecule has 5 rings (SSSR count). The van der Waals surface area contributed by atoms with Gasteiger partial charge < -0.3 is 30.5 Å². The number of nitro benzene ring substituents is 1. The third kappa shape index (κ3) is 6.08. The lowest BCUT2D eigenvalue weighted by Crippen LogP contribution is -2.61. The predicted molar refractivity (Wildman–Crippen MR) is 166 cm³/mol. The molecule has 0 spiro atoms. The number of nitrogens with zero attached hydrogens (tertiary/aromatic N) is 1. The fraction of sp³-hybridized carbons (Fsp3) is 0.559. The monoisotopic (exact) mass is 668 g/mol. The Balaban J connectivity index is 1.17. The maximum Gasteiger partial charge on any atom is 0.329 e. The third-order valence-corrected chi connectivity index (χ3v) is 11.4. The summed E-state index contributed by atoms with van der Waals surface area (Å²) >= 11 is 0. The highest BCUT2D eigenvalue weighted by atomic mass is 16.6. The zero-order valence-corrected chi connectivity index (χ0v) is 26.7. The number of nitro groups is 1. The van der Waals surface area contributed by atoms with E-state index in [1.165, 1.54) is 18.2 Å². The number of allylic oxidation sites excluding steroid dienone is 4. The molecular formula is C34H40N2O12. The summed E-state index contributed by atoms with van der Waals surface area (Å²) in [4.78, 5) is 72.6. The molecule has 0 heterocycles. The number of benzene rings is 1. The van der Waals surface area contributed by atoms with E-state index in [1.54, 1.807) is 13.0 Å². The third-order valence-electron chi connectivity index (χ3n) is 11.4. The summed E-state index contributed by atoms with van der Waals surface area (Å²) in [6.45, 7) is 3.06. The van der Waals surface area contributed by atoms with Gasteiger partial charge in [-0.05, 0) is 61.7 Å². The molecule has 1 aromatic rings. The number of Topliss-reactive ketones (excluding diaryl/α,β-unsaturated/α-hetero) is 1. The molecule has 5 N–H and O–H groups in total. The molecule has 14 nitrogen and oxygen atoms in total. The maximum atomic E-state index is 13.5. The van der Waals surface area contributed by atoms with Crippen LogP contribution in [0.3, 0.4) is 0 Å². The van der Waals surface area contributed by atoms with E-state index in [0.29, 0.717) is 19.3 Å². The van der Waals surface area contributed by atoms with E-state index >= 15 is 0 Å². The molecule has 14 heteroatoms. The first-order valence-corrected chi connectivity index (χ1v) is 16.0. The van der Waals surface area contributed by atoms with Crippen molar-refractivity contribution in [1.82, 2.24) is 5.32 Å². The van der Waals surface area contributed by atoms with E-state index in [0.717, 1.165) is 17.7 Å². The average Bonchev–Trinajstić information content (AvgIpc) is 3.31. The number of rotatable bonds is 11. The van der Waals surface area contributed by atoms with Crippen molar-refractivity contribution in [3.63, 3.8) is 0 Å². The Hall–Kier alpha value is -4.27. The number of fused-ring (bicyclic) bond motifs is 5. The summed E-state index contributed by atoms with van der Waals surface area (Å²) in [6, 6.07) is 2.78. The molecule has 0 radical (unpaired) electrons. The first kappa shape index (κ1) is 35.0. The molecular weight excluding hydrogens is 628 g/mol. The van der Waals surface area contributed by atoms with Gasteiger partial charge >= 0.3 is 11.9 Å². The van der Waals surface area contributed by atoms with Crippen LogP contribution in [0.15, 0.2) is 48.1 Å². The van der Waals surface area contributed by atoms with Gasteiger partial charge in [0.25, 0.3) is 5.69 Å². The van der Waals surface area contributed by atoms with E-state index in [2.05, 4.69) is 5.32 Å². The van der Waals surface area contributed by atoms with Crippen LogP contribution in [-0.2, 0) is 28.7 Å². The van der Waals surface area contributed by atoms with Crippen molar-refractivity contribution in [2.24, 2.45) is 28.6 Å². The second kappa shape index (κ2) is 13.0. The number of nitrogens with one attached hydrogen (secondary N) is 1. The Morgan fingerprint density at radius 3 is 2.58 bits per heavy atom. The van der Waals surface area contributed by atoms with Gasteiger partial charge in [0.15, 0.2) is 18.4 Å². The fourth-order valence-electron chi connectivity index (χ4n) is 8.88. The average molecular weight is 669 g/mol. The van der Waals surface area contributed by atoms with E-state index in [9.17, 15) is 54.5 Å². The van der Waals surface area contributed by atoms with Crippen LogP contribution >= 0.6 is 0 Å². The first-order chi connectivity index (χ1) is 22.5. The number of aliphatic carboxylic acids is 1. The van der Waals surface area contributed by atoms with Crippen molar-refractivity contribution < 1.29 is 54.1 Å². The largest absolute Gasteiger partial charge is 0.480 e. The minimum absolute atomic E-state index is 0.00760. The summed E-state index contributed by atoms with van der Waals surface area (Å²) < 4.78 is 5.12. The highest BCUT2D eigenvalue weighted by molar-refractivity contribution is 6.01. The molecule has 3 saturated carbocycles. The van der Waals surface area contributed by atoms with E-state index in [1.807, 2.05) is 13.0 Å². The second-order valence-electron chi connectivity index (χ2n) is 13.9. The minimum Gasteiger partial charge on any atom is -0.480 e. The number of carbonyl (C=O) groups excluding carboxylic acids is 4. The summed E-state index contributed by atoms with van der Waals surface area (Å²) in [7, 11) is 0. The number of aliphatic hydroxyl groups is 3. The summed E-state index contributed by atoms with van der Waals surface area (Å²) in [6.07, 6.45) is 3.47. The van der Waals surface area contributed by atoms with Crippen LogP contribution in [0, 0.1) is 38.7 Å². The lowest BCUT2D eigenvalue weighted by atomic mass is 9.46. The van der Waals surface area contributed by atoms with Gasteiger partial charge in [-0.15, -0.1) is 0 Å². The van der Waals surface area contributed by atoms with Gasteiger partial charge in [-0.3, -0.25) is 29.3 Å². The number of ketones is 2. The Morgan fingerprint density at radius 2 is 1.90 bits per heavy atom. The Kier molecular flexibility index (Phi) is 9.47. The van der Waals surface area contributed by atoms with Crippen LogP contribution < -0.4 is 5.32 Å². The molecule has 1 amide bonds. The van der Waals surface area contributed by atoms with Crippen molar-refractivity contribution in [3.8, 4) is 0 Å². The lowest BCUT2D eigenvalue weighted by Gasteiger charge is -2.59. The zero-order chi connectivity index (χ0) is 35.2. The van der Waals surface area contributed by atoms with Crippen molar-refractivity contribution in [2.45, 2.75) is 82.6 Å². The number of carbonyl (C=O) groups is 5. The molecule has 4 aliphatic rings. The maximum absolute atomic E-state index is 13.5. The lowest BCUT2D eigenvalue weighted by molar-refractivity contribution is -0.385. The Labute approximate surface area is 276 Å². The summed E-state index contributed by atoms with van der Waals surface area (Å²) in [5.41, 5.74) is -2.87. The number of hydrogen-bond acceptors (Lipinski definition) is 11. The van der Waals surface area contributed by atoms with Crippen molar-refractivity contribution in [3.05, 3.63) is 63.7 Å².